The van der Waals surface area contributed by atoms with Crippen LogP contribution in [0.2, 0.25) is 0 Å². The van der Waals surface area contributed by atoms with Crippen LogP contribution in [0.15, 0.2) is 35.3 Å². The highest BCUT2D eigenvalue weighted by atomic mass is 16.5. The minimum atomic E-state index is -0.671. The van der Waals surface area contributed by atoms with E-state index in [1.165, 1.54) is 6.20 Å². The Balaban J connectivity index is 1.93. The first kappa shape index (κ1) is 13.3. The third kappa shape index (κ3) is 2.49. The molecule has 0 N–H and O–H groups in total. The van der Waals surface area contributed by atoms with E-state index in [9.17, 15) is 9.59 Å². The van der Waals surface area contributed by atoms with Gasteiger partial charge in [-0.3, -0.25) is 0 Å². The molecule has 3 rings (SSSR count). The molecule has 2 heterocycles. The molecule has 1 saturated heterocycles. The lowest BCUT2D eigenvalue weighted by Crippen LogP contribution is -2.31. The first-order valence-electron chi connectivity index (χ1n) is 6.46. The van der Waals surface area contributed by atoms with Gasteiger partial charge in [0.1, 0.15) is 5.75 Å². The summed E-state index contributed by atoms with van der Waals surface area (Å²) in [5.41, 5.74) is 0.638. The van der Waals surface area contributed by atoms with E-state index in [0.717, 1.165) is 10.2 Å². The van der Waals surface area contributed by atoms with Crippen molar-refractivity contribution in [1.29, 1.82) is 0 Å². The lowest BCUT2D eigenvalue weighted by Gasteiger charge is -2.08. The van der Waals surface area contributed by atoms with Gasteiger partial charge in [-0.1, -0.05) is 0 Å². The third-order valence-corrected chi connectivity index (χ3v) is 3.31. The summed E-state index contributed by atoms with van der Waals surface area (Å²) in [6, 6.07) is 6.45. The average Bonchev–Trinajstić information content (AvgIpc) is 2.93. The maximum absolute atomic E-state index is 12.0. The van der Waals surface area contributed by atoms with Gasteiger partial charge in [0.2, 0.25) is 0 Å². The molecule has 7 nitrogen and oxygen atoms in total. The molecule has 2 aromatic rings. The largest absolute Gasteiger partial charge is 0.497 e. The zero-order valence-corrected chi connectivity index (χ0v) is 11.4. The Bertz CT molecular complexity index is 724. The summed E-state index contributed by atoms with van der Waals surface area (Å²) in [5, 5.41) is 4.04. The fourth-order valence-electron chi connectivity index (χ4n) is 2.17. The predicted octanol–water partition coefficient (Wildman–Crippen LogP) is 0.802. The van der Waals surface area contributed by atoms with Gasteiger partial charge in [0.15, 0.2) is 6.04 Å². The predicted molar refractivity (Wildman–Crippen MR) is 72.9 cm³/mol. The molecule has 21 heavy (non-hydrogen) atoms. The molecule has 0 saturated carbocycles. The quantitative estimate of drug-likeness (QED) is 0.776. The van der Waals surface area contributed by atoms with Crippen molar-refractivity contribution in [3.63, 3.8) is 0 Å². The minimum absolute atomic E-state index is 0.303. The fraction of sp³-hybridized carbons (Fsp3) is 0.286. The molecule has 0 aliphatic carbocycles. The highest BCUT2D eigenvalue weighted by Crippen LogP contribution is 2.20. The SMILES string of the molecule is COc1ccc(-c2cnn(C3CCOC3=O)c(=O)n2)cc1. The summed E-state index contributed by atoms with van der Waals surface area (Å²) in [5.74, 6) is 0.275. The number of hydrogen-bond donors (Lipinski definition) is 0. The van der Waals surface area contributed by atoms with Crippen molar-refractivity contribution in [2.24, 2.45) is 0 Å². The Hall–Kier alpha value is -2.70. The minimum Gasteiger partial charge on any atom is -0.497 e. The maximum Gasteiger partial charge on any atom is 0.365 e. The van der Waals surface area contributed by atoms with Crippen LogP contribution in [0, 0.1) is 0 Å². The number of aromatic nitrogens is 3. The van der Waals surface area contributed by atoms with Gasteiger partial charge in [0.25, 0.3) is 0 Å². The Morgan fingerprint density at radius 2 is 2.05 bits per heavy atom. The molecular formula is C14H13N3O4. The number of nitrogens with zero attached hydrogens (tertiary/aromatic N) is 3. The monoisotopic (exact) mass is 287 g/mol. The second kappa shape index (κ2) is 5.35. The van der Waals surface area contributed by atoms with Crippen molar-refractivity contribution in [1.82, 2.24) is 14.8 Å². The number of esters is 1. The van der Waals surface area contributed by atoms with Crippen LogP contribution in [0.1, 0.15) is 12.5 Å². The van der Waals surface area contributed by atoms with Crippen molar-refractivity contribution in [2.75, 3.05) is 13.7 Å². The number of cyclic esters (lactones) is 1. The van der Waals surface area contributed by atoms with Crippen molar-refractivity contribution in [3.05, 3.63) is 40.9 Å². The maximum atomic E-state index is 12.0. The van der Waals surface area contributed by atoms with Crippen molar-refractivity contribution in [3.8, 4) is 17.0 Å². The van der Waals surface area contributed by atoms with Crippen molar-refractivity contribution < 1.29 is 14.3 Å². The van der Waals surface area contributed by atoms with Crippen LogP contribution >= 0.6 is 0 Å². The lowest BCUT2D eigenvalue weighted by atomic mass is 10.1. The van der Waals surface area contributed by atoms with Crippen molar-refractivity contribution in [2.45, 2.75) is 12.5 Å². The van der Waals surface area contributed by atoms with Crippen LogP contribution in [0.3, 0.4) is 0 Å². The smallest absolute Gasteiger partial charge is 0.365 e. The van der Waals surface area contributed by atoms with Gasteiger partial charge >= 0.3 is 11.7 Å². The highest BCUT2D eigenvalue weighted by Gasteiger charge is 2.30. The number of rotatable bonds is 3. The molecule has 0 bridgehead atoms. The van der Waals surface area contributed by atoms with Gasteiger partial charge in [0, 0.05) is 12.0 Å². The third-order valence-electron chi connectivity index (χ3n) is 3.31. The summed E-state index contributed by atoms with van der Waals surface area (Å²) >= 11 is 0. The van der Waals surface area contributed by atoms with Crippen LogP contribution in [0.4, 0.5) is 0 Å². The number of carbonyl (C=O) groups is 1. The molecule has 1 aliphatic heterocycles. The molecule has 1 aromatic heterocycles. The summed E-state index contributed by atoms with van der Waals surface area (Å²) in [7, 11) is 1.58. The topological polar surface area (TPSA) is 83.3 Å². The van der Waals surface area contributed by atoms with Gasteiger partial charge < -0.3 is 9.47 Å². The second-order valence-electron chi connectivity index (χ2n) is 4.57. The summed E-state index contributed by atoms with van der Waals surface area (Å²) < 4.78 is 11.0. The lowest BCUT2D eigenvalue weighted by molar-refractivity contribution is -0.141. The van der Waals surface area contributed by atoms with Crippen LogP contribution in [-0.2, 0) is 9.53 Å². The summed E-state index contributed by atoms with van der Waals surface area (Å²) in [6.45, 7) is 0.303. The van der Waals surface area contributed by atoms with E-state index in [2.05, 4.69) is 10.1 Å². The van der Waals surface area contributed by atoms with E-state index >= 15 is 0 Å². The number of ether oxygens (including phenoxy) is 2. The first-order valence-corrected chi connectivity index (χ1v) is 6.46. The zero-order valence-electron chi connectivity index (χ0n) is 11.4. The first-order chi connectivity index (χ1) is 10.2. The van der Waals surface area contributed by atoms with Crippen LogP contribution in [-0.4, -0.2) is 34.5 Å². The Labute approximate surface area is 120 Å². The van der Waals surface area contributed by atoms with Gasteiger partial charge in [-0.2, -0.15) is 14.8 Å². The van der Waals surface area contributed by atoms with Gasteiger partial charge in [-0.05, 0) is 24.3 Å². The van der Waals surface area contributed by atoms with E-state index < -0.39 is 17.7 Å². The van der Waals surface area contributed by atoms with Gasteiger partial charge in [-0.15, -0.1) is 0 Å². The Morgan fingerprint density at radius 3 is 2.62 bits per heavy atom. The molecule has 108 valence electrons. The molecule has 0 radical (unpaired) electrons. The van der Waals surface area contributed by atoms with E-state index in [1.807, 2.05) is 0 Å². The Morgan fingerprint density at radius 1 is 1.29 bits per heavy atom. The fourth-order valence-corrected chi connectivity index (χ4v) is 2.17. The van der Waals surface area contributed by atoms with Crippen molar-refractivity contribution >= 4 is 5.97 Å². The number of hydrogen-bond acceptors (Lipinski definition) is 6. The summed E-state index contributed by atoms with van der Waals surface area (Å²) in [6.07, 6.45) is 1.91. The number of benzene rings is 1. The molecule has 1 aromatic carbocycles. The number of carbonyl (C=O) groups excluding carboxylic acids is 1. The molecule has 1 unspecified atom stereocenters. The molecule has 1 aliphatic rings. The standard InChI is InChI=1S/C14H13N3O4/c1-20-10-4-2-9(3-5-10)11-8-15-17(14(19)16-11)12-6-7-21-13(12)18/h2-5,8,12H,6-7H2,1H3. The van der Waals surface area contributed by atoms with Crippen LogP contribution in [0.5, 0.6) is 5.75 Å². The zero-order chi connectivity index (χ0) is 14.8. The number of methoxy groups -OCH3 is 1. The van der Waals surface area contributed by atoms with E-state index in [-0.39, 0.29) is 0 Å². The van der Waals surface area contributed by atoms with Crippen LogP contribution < -0.4 is 10.4 Å². The van der Waals surface area contributed by atoms with Gasteiger partial charge in [-0.25, -0.2) is 9.59 Å². The highest BCUT2D eigenvalue weighted by molar-refractivity contribution is 5.75. The normalized spacial score (nSPS) is 17.6. The van der Waals surface area contributed by atoms with E-state index in [4.69, 9.17) is 9.47 Å². The molecule has 1 atom stereocenters. The van der Waals surface area contributed by atoms with Crippen LogP contribution in [0.25, 0.3) is 11.3 Å². The Kier molecular flexibility index (Phi) is 3.39. The molecular weight excluding hydrogens is 274 g/mol. The van der Waals surface area contributed by atoms with Gasteiger partial charge in [0.05, 0.1) is 25.6 Å². The average molecular weight is 287 g/mol. The molecule has 7 heteroatoms. The van der Waals surface area contributed by atoms with E-state index in [1.54, 1.807) is 31.4 Å². The molecule has 0 amide bonds. The van der Waals surface area contributed by atoms with E-state index in [0.29, 0.717) is 24.5 Å². The molecule has 1 fully saturated rings. The summed E-state index contributed by atoms with van der Waals surface area (Å²) in [4.78, 5) is 27.5. The molecule has 0 spiro atoms. The second-order valence-corrected chi connectivity index (χ2v) is 4.57.